The van der Waals surface area contributed by atoms with Crippen LogP contribution in [0, 0.1) is 11.8 Å². The first-order chi connectivity index (χ1) is 9.15. The van der Waals surface area contributed by atoms with Crippen molar-refractivity contribution < 1.29 is 14.6 Å². The van der Waals surface area contributed by atoms with Gasteiger partial charge in [-0.05, 0) is 48.8 Å². The average Bonchev–Trinajstić information content (AvgIpc) is 2.38. The molecule has 1 aromatic carbocycles. The van der Waals surface area contributed by atoms with Gasteiger partial charge in [0.05, 0.1) is 6.61 Å². The van der Waals surface area contributed by atoms with Crippen LogP contribution in [0.3, 0.4) is 0 Å². The summed E-state index contributed by atoms with van der Waals surface area (Å²) >= 11 is 0. The Hall–Kier alpha value is -1.51. The molecule has 0 amide bonds. The third-order valence-electron chi connectivity index (χ3n) is 3.98. The summed E-state index contributed by atoms with van der Waals surface area (Å²) in [4.78, 5) is 10.9. The van der Waals surface area contributed by atoms with E-state index in [0.717, 1.165) is 12.8 Å². The zero-order valence-corrected chi connectivity index (χ0v) is 11.5. The van der Waals surface area contributed by atoms with Crippen molar-refractivity contribution in [1.82, 2.24) is 0 Å². The molecule has 1 aliphatic carbocycles. The molecule has 1 fully saturated rings. The molecule has 0 aliphatic heterocycles. The summed E-state index contributed by atoms with van der Waals surface area (Å²) in [7, 11) is 0. The molecule has 3 nitrogen and oxygen atoms in total. The van der Waals surface area contributed by atoms with E-state index in [-0.39, 0.29) is 5.97 Å². The van der Waals surface area contributed by atoms with E-state index in [1.807, 2.05) is 12.1 Å². The second-order valence-corrected chi connectivity index (χ2v) is 5.48. The van der Waals surface area contributed by atoms with Crippen molar-refractivity contribution in [2.24, 2.45) is 11.8 Å². The lowest BCUT2D eigenvalue weighted by Crippen LogP contribution is -2.26. The summed E-state index contributed by atoms with van der Waals surface area (Å²) in [5.41, 5.74) is 1.17. The average molecular weight is 262 g/mol. The minimum Gasteiger partial charge on any atom is -0.508 e. The first kappa shape index (κ1) is 13.9. The summed E-state index contributed by atoms with van der Waals surface area (Å²) in [6, 6.07) is 7.46. The number of benzene rings is 1. The lowest BCUT2D eigenvalue weighted by molar-refractivity contribution is -0.143. The van der Waals surface area contributed by atoms with Gasteiger partial charge in [0, 0.05) is 6.92 Å². The number of hydrogen-bond acceptors (Lipinski definition) is 3. The summed E-state index contributed by atoms with van der Waals surface area (Å²) in [6.45, 7) is 2.01. The van der Waals surface area contributed by atoms with Crippen molar-refractivity contribution in [3.63, 3.8) is 0 Å². The largest absolute Gasteiger partial charge is 0.508 e. The van der Waals surface area contributed by atoms with Gasteiger partial charge >= 0.3 is 5.97 Å². The molecule has 1 aromatic rings. The van der Waals surface area contributed by atoms with E-state index in [9.17, 15) is 9.90 Å². The zero-order valence-electron chi connectivity index (χ0n) is 11.5. The van der Waals surface area contributed by atoms with Gasteiger partial charge in [0.2, 0.25) is 0 Å². The molecule has 0 aromatic heterocycles. The highest BCUT2D eigenvalue weighted by atomic mass is 16.5. The van der Waals surface area contributed by atoms with Crippen molar-refractivity contribution in [1.29, 1.82) is 0 Å². The fourth-order valence-electron chi connectivity index (χ4n) is 2.98. The molecule has 0 spiro atoms. The van der Waals surface area contributed by atoms with Crippen LogP contribution >= 0.6 is 0 Å². The molecule has 2 unspecified atom stereocenters. The number of carbonyl (C=O) groups excluding carboxylic acids is 1. The van der Waals surface area contributed by atoms with E-state index in [0.29, 0.717) is 24.2 Å². The minimum absolute atomic E-state index is 0.193. The van der Waals surface area contributed by atoms with Gasteiger partial charge in [-0.1, -0.05) is 25.0 Å². The first-order valence-electron chi connectivity index (χ1n) is 7.06. The molecule has 3 heteroatoms. The van der Waals surface area contributed by atoms with Crippen molar-refractivity contribution >= 4 is 5.97 Å². The van der Waals surface area contributed by atoms with Crippen LogP contribution in [0.1, 0.15) is 38.2 Å². The molecule has 2 atom stereocenters. The lowest BCUT2D eigenvalue weighted by Gasteiger charge is -2.31. The molecule has 104 valence electrons. The lowest BCUT2D eigenvalue weighted by atomic mass is 9.76. The highest BCUT2D eigenvalue weighted by molar-refractivity contribution is 5.65. The van der Waals surface area contributed by atoms with Gasteiger partial charge in [-0.25, -0.2) is 0 Å². The topological polar surface area (TPSA) is 46.5 Å². The maximum atomic E-state index is 10.9. The van der Waals surface area contributed by atoms with Crippen LogP contribution in [-0.2, 0) is 16.0 Å². The minimum atomic E-state index is -0.193. The van der Waals surface area contributed by atoms with E-state index < -0.39 is 0 Å². The zero-order chi connectivity index (χ0) is 13.7. The molecule has 19 heavy (non-hydrogen) atoms. The maximum absolute atomic E-state index is 10.9. The highest BCUT2D eigenvalue weighted by Crippen LogP contribution is 2.33. The number of esters is 1. The second kappa shape index (κ2) is 6.60. The molecule has 1 N–H and O–H groups in total. The molecular weight excluding hydrogens is 240 g/mol. The number of aromatic hydroxyl groups is 1. The summed E-state index contributed by atoms with van der Waals surface area (Å²) in [6.07, 6.45) is 5.75. The van der Waals surface area contributed by atoms with Crippen molar-refractivity contribution in [2.75, 3.05) is 6.61 Å². The van der Waals surface area contributed by atoms with Gasteiger partial charge in [0.25, 0.3) is 0 Å². The Balaban J connectivity index is 1.97. The number of ether oxygens (including phenoxy) is 1. The van der Waals surface area contributed by atoms with Crippen LogP contribution in [-0.4, -0.2) is 17.7 Å². The van der Waals surface area contributed by atoms with E-state index in [1.165, 1.54) is 31.7 Å². The normalized spacial score (nSPS) is 23.0. The van der Waals surface area contributed by atoms with Crippen molar-refractivity contribution in [3.05, 3.63) is 29.8 Å². The standard InChI is InChI=1S/C16H22O3/c1-12(17)19-11-15-7-3-2-6-14(15)9-13-5-4-8-16(18)10-13/h4-5,8,10,14-15,18H,2-3,6-7,9,11H2,1H3. The van der Waals surface area contributed by atoms with E-state index >= 15 is 0 Å². The van der Waals surface area contributed by atoms with Crippen molar-refractivity contribution in [2.45, 2.75) is 39.0 Å². The Bertz CT molecular complexity index is 428. The molecule has 0 radical (unpaired) electrons. The fourth-order valence-corrected chi connectivity index (χ4v) is 2.98. The quantitative estimate of drug-likeness (QED) is 0.847. The number of phenolic OH excluding ortho intramolecular Hbond substituents is 1. The van der Waals surface area contributed by atoms with Gasteiger partial charge in [0.1, 0.15) is 5.75 Å². The monoisotopic (exact) mass is 262 g/mol. The molecule has 0 heterocycles. The van der Waals surface area contributed by atoms with Gasteiger partial charge in [0.15, 0.2) is 0 Å². The van der Waals surface area contributed by atoms with Crippen LogP contribution in [0.15, 0.2) is 24.3 Å². The number of hydrogen-bond donors (Lipinski definition) is 1. The predicted octanol–water partition coefficient (Wildman–Crippen LogP) is 3.30. The maximum Gasteiger partial charge on any atom is 0.302 e. The van der Waals surface area contributed by atoms with E-state index in [2.05, 4.69) is 6.07 Å². The van der Waals surface area contributed by atoms with Crippen molar-refractivity contribution in [3.8, 4) is 5.75 Å². The summed E-state index contributed by atoms with van der Waals surface area (Å²) < 4.78 is 5.18. The van der Waals surface area contributed by atoms with Gasteiger partial charge in [-0.2, -0.15) is 0 Å². The molecule has 0 saturated heterocycles. The Morgan fingerprint density at radius 1 is 1.32 bits per heavy atom. The molecule has 2 rings (SSSR count). The number of rotatable bonds is 4. The Morgan fingerprint density at radius 3 is 2.74 bits per heavy atom. The van der Waals surface area contributed by atoms with Gasteiger partial charge in [-0.3, -0.25) is 4.79 Å². The molecular formula is C16H22O3. The van der Waals surface area contributed by atoms with Crippen LogP contribution < -0.4 is 0 Å². The van der Waals surface area contributed by atoms with Crippen LogP contribution in [0.2, 0.25) is 0 Å². The second-order valence-electron chi connectivity index (χ2n) is 5.48. The molecule has 1 saturated carbocycles. The Labute approximate surface area is 114 Å². The smallest absolute Gasteiger partial charge is 0.302 e. The first-order valence-corrected chi connectivity index (χ1v) is 7.06. The van der Waals surface area contributed by atoms with Gasteiger partial charge in [-0.15, -0.1) is 0 Å². The molecule has 1 aliphatic rings. The van der Waals surface area contributed by atoms with Crippen LogP contribution in [0.25, 0.3) is 0 Å². The summed E-state index contributed by atoms with van der Waals surface area (Å²) in [5.74, 6) is 1.14. The number of phenols is 1. The highest BCUT2D eigenvalue weighted by Gasteiger charge is 2.26. The molecule has 0 bridgehead atoms. The van der Waals surface area contributed by atoms with Gasteiger partial charge < -0.3 is 9.84 Å². The third-order valence-corrected chi connectivity index (χ3v) is 3.98. The van der Waals surface area contributed by atoms with Crippen LogP contribution in [0.4, 0.5) is 0 Å². The van der Waals surface area contributed by atoms with E-state index in [4.69, 9.17) is 4.74 Å². The fraction of sp³-hybridized carbons (Fsp3) is 0.562. The predicted molar refractivity (Wildman–Crippen MR) is 73.9 cm³/mol. The van der Waals surface area contributed by atoms with Crippen LogP contribution in [0.5, 0.6) is 5.75 Å². The Kier molecular flexibility index (Phi) is 4.83. The summed E-state index contributed by atoms with van der Waals surface area (Å²) in [5, 5.41) is 9.52. The Morgan fingerprint density at radius 2 is 2.05 bits per heavy atom. The number of carbonyl (C=O) groups is 1. The third kappa shape index (κ3) is 4.27. The SMILES string of the molecule is CC(=O)OCC1CCCCC1Cc1cccc(O)c1. The van der Waals surface area contributed by atoms with E-state index in [1.54, 1.807) is 6.07 Å².